The van der Waals surface area contributed by atoms with Crippen LogP contribution < -0.4 is 5.32 Å². The Labute approximate surface area is 108 Å². The normalized spacial score (nSPS) is 35.3. The molecule has 3 rings (SSSR count). The summed E-state index contributed by atoms with van der Waals surface area (Å²) in [4.78, 5) is 11.8. The number of aliphatic hydroxyl groups is 1. The van der Waals surface area contributed by atoms with Crippen molar-refractivity contribution in [2.75, 3.05) is 13.2 Å². The van der Waals surface area contributed by atoms with E-state index in [1.807, 2.05) is 20.8 Å². The fourth-order valence-corrected chi connectivity index (χ4v) is 2.65. The van der Waals surface area contributed by atoms with Gasteiger partial charge in [-0.05, 0) is 46.5 Å². The van der Waals surface area contributed by atoms with Gasteiger partial charge in [-0.3, -0.25) is 0 Å². The second-order valence-electron chi connectivity index (χ2n) is 6.54. The summed E-state index contributed by atoms with van der Waals surface area (Å²) in [5, 5.41) is 12.3. The van der Waals surface area contributed by atoms with Gasteiger partial charge in [-0.1, -0.05) is 0 Å². The highest BCUT2D eigenvalue weighted by atomic mass is 16.6. The molecule has 1 saturated carbocycles. The van der Waals surface area contributed by atoms with Crippen molar-refractivity contribution in [2.24, 2.45) is 0 Å². The highest BCUT2D eigenvalue weighted by Gasteiger charge is 2.50. The lowest BCUT2D eigenvalue weighted by atomic mass is 9.71. The quantitative estimate of drug-likeness (QED) is 0.788. The first-order valence-electron chi connectivity index (χ1n) is 6.54. The lowest BCUT2D eigenvalue weighted by Gasteiger charge is -2.52. The summed E-state index contributed by atoms with van der Waals surface area (Å²) in [6.45, 7) is 6.07. The largest absolute Gasteiger partial charge is 0.444 e. The van der Waals surface area contributed by atoms with E-state index in [2.05, 4.69) is 5.32 Å². The van der Waals surface area contributed by atoms with Crippen LogP contribution in [0.1, 0.15) is 46.5 Å². The molecule has 0 unspecified atom stereocenters. The van der Waals surface area contributed by atoms with E-state index in [4.69, 9.17) is 9.47 Å². The third-order valence-electron chi connectivity index (χ3n) is 3.83. The molecule has 2 N–H and O–H groups in total. The van der Waals surface area contributed by atoms with Crippen molar-refractivity contribution in [1.82, 2.24) is 5.32 Å². The Bertz CT molecular complexity index is 310. The predicted molar refractivity (Wildman–Crippen MR) is 66.3 cm³/mol. The molecule has 0 radical (unpaired) electrons. The number of hydrogen-bond acceptors (Lipinski definition) is 4. The van der Waals surface area contributed by atoms with Crippen LogP contribution in [-0.4, -0.2) is 41.2 Å². The first kappa shape index (κ1) is 13.6. The van der Waals surface area contributed by atoms with Gasteiger partial charge in [0.2, 0.25) is 0 Å². The Balaban J connectivity index is 1.93. The third kappa shape index (κ3) is 2.78. The smallest absolute Gasteiger partial charge is 0.408 e. The fourth-order valence-electron chi connectivity index (χ4n) is 2.65. The Morgan fingerprint density at radius 3 is 2.33 bits per heavy atom. The molecule has 2 bridgehead atoms. The van der Waals surface area contributed by atoms with Gasteiger partial charge in [-0.15, -0.1) is 0 Å². The summed E-state index contributed by atoms with van der Waals surface area (Å²) in [6, 6.07) is 0. The van der Waals surface area contributed by atoms with Crippen LogP contribution in [-0.2, 0) is 9.47 Å². The van der Waals surface area contributed by atoms with Crippen LogP contribution in [0.3, 0.4) is 0 Å². The first-order chi connectivity index (χ1) is 8.28. The van der Waals surface area contributed by atoms with Gasteiger partial charge in [0.15, 0.2) is 0 Å². The Hall–Kier alpha value is -0.810. The van der Waals surface area contributed by atoms with Crippen LogP contribution in [0.25, 0.3) is 0 Å². The molecule has 104 valence electrons. The molecule has 3 fully saturated rings. The molecule has 1 amide bonds. The zero-order valence-electron chi connectivity index (χ0n) is 11.4. The zero-order valence-corrected chi connectivity index (χ0v) is 11.4. The average Bonchev–Trinajstić information content (AvgIpc) is 2.28. The molecular formula is C13H23NO4. The van der Waals surface area contributed by atoms with Crippen LogP contribution >= 0.6 is 0 Å². The van der Waals surface area contributed by atoms with Crippen molar-refractivity contribution < 1.29 is 19.4 Å². The van der Waals surface area contributed by atoms with E-state index < -0.39 is 5.60 Å². The van der Waals surface area contributed by atoms with E-state index in [9.17, 15) is 9.90 Å². The number of carbonyl (C=O) groups excluding carboxylic acids is 1. The minimum atomic E-state index is -0.486. The van der Waals surface area contributed by atoms with Crippen molar-refractivity contribution in [3.63, 3.8) is 0 Å². The standard InChI is InChI=1S/C13H23NO4/c1-11(2,3)18-10(16)14-12-4-6-13(8-15,7-5-12)17-9-12/h15H,4-9H2,1-3H3,(H,14,16). The molecule has 0 aromatic rings. The number of ether oxygens (including phenoxy) is 2. The van der Waals surface area contributed by atoms with Gasteiger partial charge < -0.3 is 19.9 Å². The lowest BCUT2D eigenvalue weighted by molar-refractivity contribution is -0.178. The number of hydrogen-bond donors (Lipinski definition) is 2. The van der Waals surface area contributed by atoms with Crippen LogP contribution in [0.5, 0.6) is 0 Å². The van der Waals surface area contributed by atoms with Gasteiger partial charge in [0.1, 0.15) is 5.60 Å². The monoisotopic (exact) mass is 257 g/mol. The number of aliphatic hydroxyl groups excluding tert-OH is 1. The molecule has 3 aliphatic rings. The SMILES string of the molecule is CC(C)(C)OC(=O)NC12CCC(CO)(CC1)OC2. The highest BCUT2D eigenvalue weighted by Crippen LogP contribution is 2.43. The maximum absolute atomic E-state index is 11.8. The molecule has 0 spiro atoms. The molecule has 0 atom stereocenters. The maximum Gasteiger partial charge on any atom is 0.408 e. The Morgan fingerprint density at radius 1 is 1.33 bits per heavy atom. The maximum atomic E-state index is 11.8. The van der Waals surface area contributed by atoms with Crippen LogP contribution in [0.15, 0.2) is 0 Å². The molecule has 2 saturated heterocycles. The second kappa shape index (κ2) is 4.38. The lowest BCUT2D eigenvalue weighted by Crippen LogP contribution is -2.64. The molecule has 0 aromatic heterocycles. The van der Waals surface area contributed by atoms with Crippen molar-refractivity contribution in [3.8, 4) is 0 Å². The predicted octanol–water partition coefficient (Wildman–Crippen LogP) is 1.59. The Kier molecular flexibility index (Phi) is 3.32. The molecular weight excluding hydrogens is 234 g/mol. The van der Waals surface area contributed by atoms with Crippen molar-refractivity contribution in [1.29, 1.82) is 0 Å². The van der Waals surface area contributed by atoms with Gasteiger partial charge >= 0.3 is 6.09 Å². The van der Waals surface area contributed by atoms with E-state index in [1.165, 1.54) is 0 Å². The Morgan fingerprint density at radius 2 is 1.94 bits per heavy atom. The van der Waals surface area contributed by atoms with Gasteiger partial charge in [-0.2, -0.15) is 0 Å². The minimum absolute atomic E-state index is 0.0650. The van der Waals surface area contributed by atoms with Crippen LogP contribution in [0, 0.1) is 0 Å². The molecule has 2 heterocycles. The van der Waals surface area contributed by atoms with Crippen LogP contribution in [0.2, 0.25) is 0 Å². The minimum Gasteiger partial charge on any atom is -0.444 e. The molecule has 5 heteroatoms. The molecule has 2 aliphatic heterocycles. The molecule has 18 heavy (non-hydrogen) atoms. The fraction of sp³-hybridized carbons (Fsp3) is 0.923. The summed E-state index contributed by atoms with van der Waals surface area (Å²) in [5.74, 6) is 0. The van der Waals surface area contributed by atoms with E-state index in [-0.39, 0.29) is 23.8 Å². The number of fused-ring (bicyclic) bond motifs is 3. The van der Waals surface area contributed by atoms with E-state index in [0.717, 1.165) is 25.7 Å². The summed E-state index contributed by atoms with van der Waals surface area (Å²) in [7, 11) is 0. The second-order valence-corrected chi connectivity index (χ2v) is 6.54. The van der Waals surface area contributed by atoms with E-state index in [0.29, 0.717) is 6.61 Å². The van der Waals surface area contributed by atoms with Crippen molar-refractivity contribution >= 4 is 6.09 Å². The van der Waals surface area contributed by atoms with Gasteiger partial charge in [0.05, 0.1) is 24.4 Å². The summed E-state index contributed by atoms with van der Waals surface area (Å²) >= 11 is 0. The highest BCUT2D eigenvalue weighted by molar-refractivity contribution is 5.69. The van der Waals surface area contributed by atoms with Gasteiger partial charge in [0, 0.05) is 0 Å². The summed E-state index contributed by atoms with van der Waals surface area (Å²) in [6.07, 6.45) is 2.88. The topological polar surface area (TPSA) is 67.8 Å². The summed E-state index contributed by atoms with van der Waals surface area (Å²) in [5.41, 5.74) is -1.16. The number of nitrogens with one attached hydrogen (secondary N) is 1. The van der Waals surface area contributed by atoms with E-state index in [1.54, 1.807) is 0 Å². The zero-order chi connectivity index (χ0) is 13.4. The average molecular weight is 257 g/mol. The molecule has 5 nitrogen and oxygen atoms in total. The van der Waals surface area contributed by atoms with Crippen LogP contribution in [0.4, 0.5) is 4.79 Å². The number of alkyl carbamates (subject to hydrolysis) is 1. The first-order valence-corrected chi connectivity index (χ1v) is 6.54. The van der Waals surface area contributed by atoms with Gasteiger partial charge in [-0.25, -0.2) is 4.79 Å². The van der Waals surface area contributed by atoms with E-state index >= 15 is 0 Å². The number of amides is 1. The van der Waals surface area contributed by atoms with Crippen molar-refractivity contribution in [2.45, 2.75) is 63.2 Å². The van der Waals surface area contributed by atoms with Gasteiger partial charge in [0.25, 0.3) is 0 Å². The molecule has 1 aliphatic carbocycles. The molecule has 0 aromatic carbocycles. The number of carbonyl (C=O) groups is 1. The van der Waals surface area contributed by atoms with Crippen molar-refractivity contribution in [3.05, 3.63) is 0 Å². The third-order valence-corrected chi connectivity index (χ3v) is 3.83. The summed E-state index contributed by atoms with van der Waals surface area (Å²) < 4.78 is 11.0. The number of rotatable bonds is 2.